The third-order valence-corrected chi connectivity index (χ3v) is 4.95. The van der Waals surface area contributed by atoms with E-state index < -0.39 is 5.91 Å². The molecule has 0 saturated carbocycles. The Hall–Kier alpha value is -3.21. The summed E-state index contributed by atoms with van der Waals surface area (Å²) in [6.07, 6.45) is 3.36. The van der Waals surface area contributed by atoms with Crippen LogP contribution in [0.3, 0.4) is 0 Å². The number of carbonyl (C=O) groups excluding carboxylic acids is 1. The van der Waals surface area contributed by atoms with Crippen molar-refractivity contribution in [3.63, 3.8) is 0 Å². The van der Waals surface area contributed by atoms with Crippen molar-refractivity contribution >= 4 is 22.8 Å². The molecule has 28 heavy (non-hydrogen) atoms. The van der Waals surface area contributed by atoms with Crippen molar-refractivity contribution in [2.75, 3.05) is 0 Å². The molecule has 0 spiro atoms. The lowest BCUT2D eigenvalue weighted by Crippen LogP contribution is -2.35. The van der Waals surface area contributed by atoms with Crippen LogP contribution >= 0.6 is 0 Å². The Kier molecular flexibility index (Phi) is 6.04. The first-order valence-corrected chi connectivity index (χ1v) is 9.65. The van der Waals surface area contributed by atoms with Gasteiger partial charge in [0.25, 0.3) is 5.91 Å². The van der Waals surface area contributed by atoms with E-state index in [-0.39, 0.29) is 5.96 Å². The standard InChI is InChI=1S/C23H26N4O/c1-3-4-9-15(2)17-12-8-13-18-19(22(28)27-23(24)25)14-20(26-21(17)18)16-10-6-5-7-11-16/h5-8,10-15H,3-4,9H2,1-2H3,(H4,24,25,27,28). The van der Waals surface area contributed by atoms with E-state index in [1.165, 1.54) is 0 Å². The summed E-state index contributed by atoms with van der Waals surface area (Å²) in [7, 11) is 0. The third kappa shape index (κ3) is 4.19. The van der Waals surface area contributed by atoms with Crippen LogP contribution < -0.4 is 11.1 Å². The van der Waals surface area contributed by atoms with E-state index in [0.717, 1.165) is 47.0 Å². The van der Waals surface area contributed by atoms with E-state index in [2.05, 4.69) is 25.2 Å². The molecule has 2 aromatic carbocycles. The van der Waals surface area contributed by atoms with Crippen molar-refractivity contribution in [1.29, 1.82) is 5.41 Å². The number of fused-ring (bicyclic) bond motifs is 1. The average Bonchev–Trinajstić information content (AvgIpc) is 2.70. The first kappa shape index (κ1) is 19.5. The number of nitrogens with zero attached hydrogens (tertiary/aromatic N) is 1. The van der Waals surface area contributed by atoms with Crippen LogP contribution in [-0.2, 0) is 0 Å². The fourth-order valence-electron chi connectivity index (χ4n) is 3.47. The molecular weight excluding hydrogens is 348 g/mol. The van der Waals surface area contributed by atoms with Crippen LogP contribution in [0.25, 0.3) is 22.2 Å². The molecule has 1 aromatic heterocycles. The number of nitrogens with two attached hydrogens (primary N) is 1. The zero-order chi connectivity index (χ0) is 20.1. The Morgan fingerprint density at radius 3 is 2.61 bits per heavy atom. The maximum Gasteiger partial charge on any atom is 0.258 e. The number of carbonyl (C=O) groups is 1. The van der Waals surface area contributed by atoms with Gasteiger partial charge in [-0.15, -0.1) is 0 Å². The molecule has 0 bridgehead atoms. The monoisotopic (exact) mass is 374 g/mol. The third-order valence-electron chi connectivity index (χ3n) is 4.95. The van der Waals surface area contributed by atoms with Gasteiger partial charge >= 0.3 is 0 Å². The number of guanidine groups is 1. The van der Waals surface area contributed by atoms with Crippen LogP contribution in [0.2, 0.25) is 0 Å². The van der Waals surface area contributed by atoms with E-state index >= 15 is 0 Å². The Balaban J connectivity index is 2.22. The Labute approximate surface area is 165 Å². The average molecular weight is 374 g/mol. The zero-order valence-corrected chi connectivity index (χ0v) is 16.3. The summed E-state index contributed by atoms with van der Waals surface area (Å²) >= 11 is 0. The van der Waals surface area contributed by atoms with Gasteiger partial charge in [-0.2, -0.15) is 0 Å². The predicted octanol–water partition coefficient (Wildman–Crippen LogP) is 4.82. The van der Waals surface area contributed by atoms with Crippen LogP contribution in [0.4, 0.5) is 0 Å². The highest BCUT2D eigenvalue weighted by Gasteiger charge is 2.18. The first-order valence-electron chi connectivity index (χ1n) is 9.65. The summed E-state index contributed by atoms with van der Waals surface area (Å²) in [5, 5.41) is 10.6. The van der Waals surface area contributed by atoms with Crippen LogP contribution in [0.15, 0.2) is 54.6 Å². The molecular formula is C23H26N4O. The lowest BCUT2D eigenvalue weighted by atomic mass is 9.91. The predicted molar refractivity (Wildman–Crippen MR) is 114 cm³/mol. The number of rotatable bonds is 6. The topological polar surface area (TPSA) is 91.9 Å². The van der Waals surface area contributed by atoms with Crippen LogP contribution in [-0.4, -0.2) is 16.9 Å². The largest absolute Gasteiger partial charge is 0.370 e. The molecule has 0 aliphatic heterocycles. The Morgan fingerprint density at radius 2 is 1.93 bits per heavy atom. The SMILES string of the molecule is CCCCC(C)c1cccc2c(C(=O)NC(=N)N)cc(-c3ccccc3)nc12. The highest BCUT2D eigenvalue weighted by atomic mass is 16.1. The quantitative estimate of drug-likeness (QED) is 0.427. The molecule has 0 radical (unpaired) electrons. The number of para-hydroxylation sites is 1. The lowest BCUT2D eigenvalue weighted by Gasteiger charge is -2.16. The molecule has 1 unspecified atom stereocenters. The molecule has 1 heterocycles. The smallest absolute Gasteiger partial charge is 0.258 e. The van der Waals surface area contributed by atoms with Gasteiger partial charge < -0.3 is 5.73 Å². The second-order valence-electron chi connectivity index (χ2n) is 7.08. The molecule has 3 rings (SSSR count). The number of unbranched alkanes of at least 4 members (excludes halogenated alkanes) is 1. The van der Waals surface area contributed by atoms with E-state index in [1.807, 2.05) is 42.5 Å². The normalized spacial score (nSPS) is 11.9. The molecule has 4 N–H and O–H groups in total. The number of amides is 1. The number of hydrogen-bond donors (Lipinski definition) is 3. The van der Waals surface area contributed by atoms with Gasteiger partial charge in [-0.05, 0) is 24.0 Å². The van der Waals surface area contributed by atoms with Crippen molar-refractivity contribution in [1.82, 2.24) is 10.3 Å². The van der Waals surface area contributed by atoms with Gasteiger partial charge in [0.05, 0.1) is 16.8 Å². The van der Waals surface area contributed by atoms with Crippen molar-refractivity contribution < 1.29 is 4.79 Å². The Bertz CT molecular complexity index is 998. The molecule has 1 atom stereocenters. The maximum absolute atomic E-state index is 12.7. The number of aromatic nitrogens is 1. The van der Waals surface area contributed by atoms with Crippen molar-refractivity contribution in [2.45, 2.75) is 39.0 Å². The number of hydrogen-bond acceptors (Lipinski definition) is 3. The highest BCUT2D eigenvalue weighted by molar-refractivity contribution is 6.12. The van der Waals surface area contributed by atoms with Gasteiger partial charge in [-0.1, -0.05) is 75.2 Å². The molecule has 0 aliphatic rings. The van der Waals surface area contributed by atoms with Crippen molar-refractivity contribution in [3.05, 3.63) is 65.7 Å². The van der Waals surface area contributed by atoms with E-state index in [0.29, 0.717) is 11.5 Å². The van der Waals surface area contributed by atoms with E-state index in [4.69, 9.17) is 16.1 Å². The Morgan fingerprint density at radius 1 is 1.18 bits per heavy atom. The minimum absolute atomic E-state index is 0.339. The zero-order valence-electron chi connectivity index (χ0n) is 16.3. The summed E-state index contributed by atoms with van der Waals surface area (Å²) < 4.78 is 0. The number of nitrogens with one attached hydrogen (secondary N) is 2. The first-order chi connectivity index (χ1) is 13.5. The summed E-state index contributed by atoms with van der Waals surface area (Å²) in [5.41, 5.74) is 9.52. The van der Waals surface area contributed by atoms with Gasteiger partial charge in [0.15, 0.2) is 5.96 Å². The van der Waals surface area contributed by atoms with E-state index in [9.17, 15) is 4.79 Å². The fourth-order valence-corrected chi connectivity index (χ4v) is 3.47. The highest BCUT2D eigenvalue weighted by Crippen LogP contribution is 2.32. The molecule has 0 fully saturated rings. The molecule has 0 saturated heterocycles. The van der Waals surface area contributed by atoms with Gasteiger partial charge in [-0.25, -0.2) is 4.98 Å². The lowest BCUT2D eigenvalue weighted by molar-refractivity contribution is 0.0978. The van der Waals surface area contributed by atoms with Crippen molar-refractivity contribution in [2.24, 2.45) is 5.73 Å². The second kappa shape index (κ2) is 8.65. The summed E-state index contributed by atoms with van der Waals surface area (Å²) in [5.74, 6) is -0.426. The summed E-state index contributed by atoms with van der Waals surface area (Å²) in [6.45, 7) is 4.39. The van der Waals surface area contributed by atoms with Crippen molar-refractivity contribution in [3.8, 4) is 11.3 Å². The molecule has 0 aliphatic carbocycles. The molecule has 5 nitrogen and oxygen atoms in total. The van der Waals surface area contributed by atoms with Gasteiger partial charge in [-0.3, -0.25) is 15.5 Å². The summed E-state index contributed by atoms with van der Waals surface area (Å²) in [4.78, 5) is 17.7. The molecule has 144 valence electrons. The minimum atomic E-state index is -0.393. The van der Waals surface area contributed by atoms with E-state index in [1.54, 1.807) is 6.07 Å². The van der Waals surface area contributed by atoms with Gasteiger partial charge in [0.2, 0.25) is 0 Å². The summed E-state index contributed by atoms with van der Waals surface area (Å²) in [6, 6.07) is 17.5. The fraction of sp³-hybridized carbons (Fsp3) is 0.261. The van der Waals surface area contributed by atoms with Crippen LogP contribution in [0.1, 0.15) is 54.9 Å². The minimum Gasteiger partial charge on any atom is -0.370 e. The molecule has 1 amide bonds. The number of pyridine rings is 1. The van der Waals surface area contributed by atoms with Gasteiger partial charge in [0.1, 0.15) is 0 Å². The number of benzene rings is 2. The molecule has 5 heteroatoms. The van der Waals surface area contributed by atoms with Crippen LogP contribution in [0, 0.1) is 5.41 Å². The van der Waals surface area contributed by atoms with Crippen LogP contribution in [0.5, 0.6) is 0 Å². The second-order valence-corrected chi connectivity index (χ2v) is 7.08. The van der Waals surface area contributed by atoms with Gasteiger partial charge in [0, 0.05) is 10.9 Å². The maximum atomic E-state index is 12.7. The molecule has 3 aromatic rings.